The summed E-state index contributed by atoms with van der Waals surface area (Å²) >= 11 is 0. The topological polar surface area (TPSA) is 76.6 Å². The predicted octanol–water partition coefficient (Wildman–Crippen LogP) is 1.84. The lowest BCUT2D eigenvalue weighted by Gasteiger charge is -2.26. The van der Waals surface area contributed by atoms with Crippen LogP contribution in [0.25, 0.3) is 0 Å². The van der Waals surface area contributed by atoms with E-state index in [1.807, 2.05) is 12.1 Å². The number of carbonyl (C=O) groups excluding carboxylic acids is 1. The summed E-state index contributed by atoms with van der Waals surface area (Å²) in [7, 11) is 1.31. The van der Waals surface area contributed by atoms with Crippen molar-refractivity contribution in [2.75, 3.05) is 38.7 Å². The number of ether oxygens (including phenoxy) is 2. The second-order valence-corrected chi connectivity index (χ2v) is 5.51. The molecule has 3 rings (SSSR count). The highest BCUT2D eigenvalue weighted by Crippen LogP contribution is 2.16. The third-order valence-electron chi connectivity index (χ3n) is 3.80. The monoisotopic (exact) mass is 328 g/mol. The molecule has 0 radical (unpaired) electrons. The second kappa shape index (κ2) is 7.85. The van der Waals surface area contributed by atoms with Gasteiger partial charge in [-0.3, -0.25) is 4.90 Å². The molecule has 2 aromatic rings. The average molecular weight is 328 g/mol. The Labute approximate surface area is 140 Å². The van der Waals surface area contributed by atoms with E-state index in [-0.39, 0.29) is 5.69 Å². The van der Waals surface area contributed by atoms with E-state index < -0.39 is 5.97 Å². The van der Waals surface area contributed by atoms with Gasteiger partial charge in [0, 0.05) is 25.3 Å². The summed E-state index contributed by atoms with van der Waals surface area (Å²) in [4.78, 5) is 13.7. The second-order valence-electron chi connectivity index (χ2n) is 5.51. The summed E-state index contributed by atoms with van der Waals surface area (Å²) in [5, 5.41) is 11.0. The zero-order valence-electron chi connectivity index (χ0n) is 13.6. The molecule has 126 valence electrons. The lowest BCUT2D eigenvalue weighted by molar-refractivity contribution is 0.0342. The number of nitrogens with one attached hydrogen (secondary N) is 1. The fourth-order valence-corrected chi connectivity index (χ4v) is 2.47. The molecule has 0 aliphatic carbocycles. The van der Waals surface area contributed by atoms with Crippen molar-refractivity contribution in [1.29, 1.82) is 0 Å². The van der Waals surface area contributed by atoms with Crippen LogP contribution in [0.1, 0.15) is 16.1 Å². The van der Waals surface area contributed by atoms with Crippen LogP contribution < -0.4 is 5.32 Å². The molecule has 1 aromatic heterocycles. The third kappa shape index (κ3) is 4.27. The van der Waals surface area contributed by atoms with Crippen molar-refractivity contribution in [1.82, 2.24) is 15.1 Å². The summed E-state index contributed by atoms with van der Waals surface area (Å²) in [6, 6.07) is 11.5. The number of anilines is 2. The van der Waals surface area contributed by atoms with Gasteiger partial charge in [0.05, 0.1) is 20.3 Å². The predicted molar refractivity (Wildman–Crippen MR) is 89.2 cm³/mol. The first kappa shape index (κ1) is 16.4. The highest BCUT2D eigenvalue weighted by Gasteiger charge is 2.11. The van der Waals surface area contributed by atoms with Crippen LogP contribution in [0.3, 0.4) is 0 Å². The van der Waals surface area contributed by atoms with Gasteiger partial charge in [-0.15, -0.1) is 10.2 Å². The number of carbonyl (C=O) groups is 1. The quantitative estimate of drug-likeness (QED) is 0.839. The molecule has 7 heteroatoms. The van der Waals surface area contributed by atoms with Crippen molar-refractivity contribution >= 4 is 17.5 Å². The van der Waals surface area contributed by atoms with Gasteiger partial charge in [0.25, 0.3) is 0 Å². The Balaban J connectivity index is 1.58. The van der Waals surface area contributed by atoms with Crippen molar-refractivity contribution in [3.63, 3.8) is 0 Å². The first-order chi connectivity index (χ1) is 11.7. The number of benzene rings is 1. The van der Waals surface area contributed by atoms with Gasteiger partial charge >= 0.3 is 5.97 Å². The van der Waals surface area contributed by atoms with Crippen molar-refractivity contribution in [3.05, 3.63) is 47.7 Å². The molecular weight excluding hydrogens is 308 g/mol. The minimum atomic E-state index is -0.499. The highest BCUT2D eigenvalue weighted by molar-refractivity contribution is 5.87. The lowest BCUT2D eigenvalue weighted by atomic mass is 10.2. The van der Waals surface area contributed by atoms with E-state index in [1.165, 1.54) is 12.7 Å². The Morgan fingerprint density at radius 1 is 1.17 bits per heavy atom. The smallest absolute Gasteiger partial charge is 0.358 e. The van der Waals surface area contributed by atoms with Gasteiger partial charge in [0.15, 0.2) is 11.5 Å². The minimum Gasteiger partial charge on any atom is -0.464 e. The summed E-state index contributed by atoms with van der Waals surface area (Å²) in [6.45, 7) is 4.49. The summed E-state index contributed by atoms with van der Waals surface area (Å²) in [5.74, 6) is 0.0742. The van der Waals surface area contributed by atoms with Crippen LogP contribution >= 0.6 is 0 Å². The van der Waals surface area contributed by atoms with Gasteiger partial charge < -0.3 is 14.8 Å². The normalized spacial score (nSPS) is 15.0. The van der Waals surface area contributed by atoms with E-state index >= 15 is 0 Å². The maximum Gasteiger partial charge on any atom is 0.358 e. The van der Waals surface area contributed by atoms with Gasteiger partial charge in [-0.05, 0) is 29.8 Å². The molecule has 1 fully saturated rings. The summed E-state index contributed by atoms with van der Waals surface area (Å²) < 4.78 is 9.96. The van der Waals surface area contributed by atoms with E-state index in [2.05, 4.69) is 37.3 Å². The van der Waals surface area contributed by atoms with Crippen molar-refractivity contribution in [2.24, 2.45) is 0 Å². The number of hydrogen-bond donors (Lipinski definition) is 1. The summed E-state index contributed by atoms with van der Waals surface area (Å²) in [5.41, 5.74) is 2.36. The maximum atomic E-state index is 11.3. The number of hydrogen-bond acceptors (Lipinski definition) is 7. The fraction of sp³-hybridized carbons (Fsp3) is 0.353. The Bertz CT molecular complexity index is 667. The van der Waals surface area contributed by atoms with Crippen molar-refractivity contribution in [2.45, 2.75) is 6.54 Å². The van der Waals surface area contributed by atoms with Gasteiger partial charge in [0.1, 0.15) is 0 Å². The van der Waals surface area contributed by atoms with Crippen molar-refractivity contribution < 1.29 is 14.3 Å². The Morgan fingerprint density at radius 3 is 2.54 bits per heavy atom. The molecule has 7 nitrogen and oxygen atoms in total. The third-order valence-corrected chi connectivity index (χ3v) is 3.80. The Morgan fingerprint density at radius 2 is 1.92 bits per heavy atom. The van der Waals surface area contributed by atoms with E-state index in [4.69, 9.17) is 4.74 Å². The van der Waals surface area contributed by atoms with Gasteiger partial charge in [0.2, 0.25) is 0 Å². The molecule has 1 aliphatic heterocycles. The number of methoxy groups -OCH3 is 1. The molecular formula is C17H20N4O3. The highest BCUT2D eigenvalue weighted by atomic mass is 16.5. The number of rotatable bonds is 5. The standard InChI is InChI=1S/C17H20N4O3/c1-23-17(22)15-6-7-16(20-19-15)18-14-4-2-13(3-5-14)12-21-8-10-24-11-9-21/h2-7H,8-12H2,1H3,(H,18,20). The number of aromatic nitrogens is 2. The SMILES string of the molecule is COC(=O)c1ccc(Nc2ccc(CN3CCOCC3)cc2)nn1. The van der Waals surface area contributed by atoms with E-state index in [9.17, 15) is 4.79 Å². The van der Waals surface area contributed by atoms with E-state index in [1.54, 1.807) is 12.1 Å². The lowest BCUT2D eigenvalue weighted by Crippen LogP contribution is -2.35. The van der Waals surface area contributed by atoms with E-state index in [0.717, 1.165) is 38.5 Å². The van der Waals surface area contributed by atoms with Crippen LogP contribution in [-0.2, 0) is 16.0 Å². The van der Waals surface area contributed by atoms with Crippen LogP contribution in [0.15, 0.2) is 36.4 Å². The maximum absolute atomic E-state index is 11.3. The van der Waals surface area contributed by atoms with Crippen LogP contribution in [0.4, 0.5) is 11.5 Å². The number of morpholine rings is 1. The van der Waals surface area contributed by atoms with Crippen LogP contribution in [0.5, 0.6) is 0 Å². The zero-order valence-corrected chi connectivity index (χ0v) is 13.6. The zero-order chi connectivity index (χ0) is 16.8. The fourth-order valence-electron chi connectivity index (χ4n) is 2.47. The van der Waals surface area contributed by atoms with Gasteiger partial charge in [-0.2, -0.15) is 0 Å². The number of esters is 1. The first-order valence-electron chi connectivity index (χ1n) is 7.83. The molecule has 0 atom stereocenters. The van der Waals surface area contributed by atoms with Gasteiger partial charge in [-0.1, -0.05) is 12.1 Å². The molecule has 0 spiro atoms. The average Bonchev–Trinajstić information content (AvgIpc) is 2.64. The summed E-state index contributed by atoms with van der Waals surface area (Å²) in [6.07, 6.45) is 0. The van der Waals surface area contributed by atoms with Crippen LogP contribution in [-0.4, -0.2) is 54.5 Å². The molecule has 0 bridgehead atoms. The van der Waals surface area contributed by atoms with Crippen LogP contribution in [0.2, 0.25) is 0 Å². The molecule has 1 saturated heterocycles. The first-order valence-corrected chi connectivity index (χ1v) is 7.83. The van der Waals surface area contributed by atoms with E-state index in [0.29, 0.717) is 5.82 Å². The molecule has 0 saturated carbocycles. The Kier molecular flexibility index (Phi) is 5.35. The molecule has 24 heavy (non-hydrogen) atoms. The molecule has 0 amide bonds. The van der Waals surface area contributed by atoms with Crippen LogP contribution in [0, 0.1) is 0 Å². The molecule has 1 N–H and O–H groups in total. The number of nitrogens with zero attached hydrogens (tertiary/aromatic N) is 3. The molecule has 1 aromatic carbocycles. The molecule has 1 aliphatic rings. The minimum absolute atomic E-state index is 0.184. The molecule has 2 heterocycles. The van der Waals surface area contributed by atoms with Gasteiger partial charge in [-0.25, -0.2) is 4.79 Å². The Hall–Kier alpha value is -2.51. The largest absolute Gasteiger partial charge is 0.464 e. The molecule has 0 unspecified atom stereocenters. The van der Waals surface area contributed by atoms with Crippen molar-refractivity contribution in [3.8, 4) is 0 Å².